The van der Waals surface area contributed by atoms with Gasteiger partial charge >= 0.3 is 0 Å². The van der Waals surface area contributed by atoms with Gasteiger partial charge in [0.25, 0.3) is 11.6 Å². The molecule has 5 aromatic rings. The average molecular weight is 479 g/mol. The van der Waals surface area contributed by atoms with Gasteiger partial charge in [-0.3, -0.25) is 9.59 Å². The zero-order valence-corrected chi connectivity index (χ0v) is 19.2. The van der Waals surface area contributed by atoms with Gasteiger partial charge in [-0.1, -0.05) is 35.5 Å². The molecule has 0 bridgehead atoms. The van der Waals surface area contributed by atoms with E-state index in [0.717, 1.165) is 29.8 Å². The summed E-state index contributed by atoms with van der Waals surface area (Å²) in [5.41, 5.74) is 4.41. The third-order valence-corrected chi connectivity index (χ3v) is 6.08. The van der Waals surface area contributed by atoms with Crippen LogP contribution >= 0.6 is 0 Å². The molecule has 0 saturated heterocycles. The number of pyridine rings is 1. The van der Waals surface area contributed by atoms with Crippen LogP contribution in [0.3, 0.4) is 0 Å². The van der Waals surface area contributed by atoms with Crippen LogP contribution in [0.15, 0.2) is 83.6 Å². The van der Waals surface area contributed by atoms with Crippen molar-refractivity contribution in [3.63, 3.8) is 0 Å². The molecule has 0 spiro atoms. The molecule has 0 atom stereocenters. The van der Waals surface area contributed by atoms with E-state index in [-0.39, 0.29) is 18.4 Å². The maximum absolute atomic E-state index is 13.3. The molecule has 1 aliphatic carbocycles. The van der Waals surface area contributed by atoms with Crippen LogP contribution in [-0.4, -0.2) is 38.3 Å². The Morgan fingerprint density at radius 2 is 1.83 bits per heavy atom. The highest BCUT2D eigenvalue weighted by Crippen LogP contribution is 2.41. The molecule has 1 fully saturated rings. The molecule has 0 radical (unpaired) electrons. The number of hydrogen-bond acceptors (Lipinski definition) is 6. The monoisotopic (exact) mass is 478 g/mol. The van der Waals surface area contributed by atoms with Gasteiger partial charge in [0, 0.05) is 35.3 Å². The van der Waals surface area contributed by atoms with Crippen LogP contribution in [0.4, 0.5) is 5.69 Å². The highest BCUT2D eigenvalue weighted by molar-refractivity contribution is 6.10. The number of rotatable bonds is 7. The van der Waals surface area contributed by atoms with Crippen LogP contribution in [0, 0.1) is 0 Å². The number of anilines is 1. The van der Waals surface area contributed by atoms with Crippen molar-refractivity contribution >= 4 is 28.6 Å². The Balaban J connectivity index is 1.20. The van der Waals surface area contributed by atoms with Crippen molar-refractivity contribution in [1.82, 2.24) is 25.2 Å². The van der Waals surface area contributed by atoms with Crippen LogP contribution in [0.25, 0.3) is 28.0 Å². The molecular formula is C27H22N6O3. The predicted octanol–water partition coefficient (Wildman–Crippen LogP) is 4.32. The molecule has 2 amide bonds. The van der Waals surface area contributed by atoms with E-state index in [9.17, 15) is 9.59 Å². The second-order valence-corrected chi connectivity index (χ2v) is 8.67. The summed E-state index contributed by atoms with van der Waals surface area (Å²) >= 11 is 0. The molecule has 6 rings (SSSR count). The summed E-state index contributed by atoms with van der Waals surface area (Å²) in [4.78, 5) is 30.4. The fraction of sp³-hybridized carbons (Fsp3) is 0.148. The molecule has 0 unspecified atom stereocenters. The molecule has 9 heteroatoms. The van der Waals surface area contributed by atoms with E-state index in [1.165, 1.54) is 0 Å². The molecule has 1 aliphatic rings. The number of carbonyl (C=O) groups is 2. The number of amides is 2. The Morgan fingerprint density at radius 3 is 2.56 bits per heavy atom. The fourth-order valence-corrected chi connectivity index (χ4v) is 4.11. The largest absolute Gasteiger partial charge is 0.343 e. The minimum Gasteiger partial charge on any atom is -0.343 e. The molecule has 178 valence electrons. The van der Waals surface area contributed by atoms with Crippen LogP contribution in [0.1, 0.15) is 34.8 Å². The summed E-state index contributed by atoms with van der Waals surface area (Å²) < 4.78 is 7.26. The number of fused-ring (bicyclic) bond motifs is 1. The van der Waals surface area contributed by atoms with E-state index < -0.39 is 0 Å². The van der Waals surface area contributed by atoms with E-state index in [0.29, 0.717) is 34.0 Å². The third kappa shape index (κ3) is 4.34. The number of carbonyl (C=O) groups excluding carboxylic acids is 2. The molecule has 3 heterocycles. The first kappa shape index (κ1) is 21.7. The molecule has 2 aromatic carbocycles. The summed E-state index contributed by atoms with van der Waals surface area (Å²) in [6.07, 6.45) is 5.60. The number of nitrogens with zero attached hydrogens (tertiary/aromatic N) is 4. The van der Waals surface area contributed by atoms with Crippen molar-refractivity contribution in [3.8, 4) is 16.9 Å². The Bertz CT molecular complexity index is 1540. The molecule has 0 aliphatic heterocycles. The van der Waals surface area contributed by atoms with E-state index in [1.54, 1.807) is 29.1 Å². The van der Waals surface area contributed by atoms with E-state index in [4.69, 9.17) is 4.52 Å². The minimum atomic E-state index is -0.381. The Hall–Kier alpha value is -4.79. The van der Waals surface area contributed by atoms with Crippen LogP contribution < -0.4 is 10.6 Å². The van der Waals surface area contributed by atoms with Crippen LogP contribution in [0.2, 0.25) is 0 Å². The van der Waals surface area contributed by atoms with Gasteiger partial charge in [-0.2, -0.15) is 5.10 Å². The van der Waals surface area contributed by atoms with Gasteiger partial charge in [-0.25, -0.2) is 9.67 Å². The van der Waals surface area contributed by atoms with Crippen molar-refractivity contribution in [2.45, 2.75) is 18.8 Å². The maximum atomic E-state index is 13.3. The lowest BCUT2D eigenvalue weighted by Gasteiger charge is -2.10. The van der Waals surface area contributed by atoms with Crippen molar-refractivity contribution in [2.24, 2.45) is 0 Å². The minimum absolute atomic E-state index is 0.186. The predicted molar refractivity (Wildman–Crippen MR) is 134 cm³/mol. The highest BCUT2D eigenvalue weighted by atomic mass is 16.5. The van der Waals surface area contributed by atoms with Crippen LogP contribution in [0.5, 0.6) is 0 Å². The second-order valence-electron chi connectivity index (χ2n) is 8.67. The summed E-state index contributed by atoms with van der Waals surface area (Å²) in [7, 11) is 0. The third-order valence-electron chi connectivity index (χ3n) is 6.08. The first-order chi connectivity index (χ1) is 17.7. The summed E-state index contributed by atoms with van der Waals surface area (Å²) in [5.74, 6) is -0.399. The first-order valence-corrected chi connectivity index (χ1v) is 11.7. The van der Waals surface area contributed by atoms with Crippen molar-refractivity contribution in [3.05, 3.63) is 90.4 Å². The van der Waals surface area contributed by atoms with Gasteiger partial charge in [-0.05, 0) is 49.2 Å². The molecular weight excluding hydrogens is 456 g/mol. The molecule has 9 nitrogen and oxygen atoms in total. The molecule has 2 N–H and O–H groups in total. The number of hydrogen-bond donors (Lipinski definition) is 2. The lowest BCUT2D eigenvalue weighted by atomic mass is 10.0. The van der Waals surface area contributed by atoms with Gasteiger partial charge in [0.15, 0.2) is 0 Å². The maximum Gasteiger partial charge on any atom is 0.259 e. The fourth-order valence-electron chi connectivity index (χ4n) is 4.11. The lowest BCUT2D eigenvalue weighted by molar-refractivity contribution is -0.115. The second kappa shape index (κ2) is 9.10. The zero-order chi connectivity index (χ0) is 24.5. The quantitative estimate of drug-likeness (QED) is 0.360. The van der Waals surface area contributed by atoms with E-state index in [2.05, 4.69) is 25.9 Å². The van der Waals surface area contributed by atoms with Gasteiger partial charge in [0.05, 0.1) is 23.2 Å². The van der Waals surface area contributed by atoms with Gasteiger partial charge in [0.2, 0.25) is 5.91 Å². The normalized spacial score (nSPS) is 13.0. The summed E-state index contributed by atoms with van der Waals surface area (Å²) in [5, 5.41) is 14.5. The van der Waals surface area contributed by atoms with Crippen molar-refractivity contribution in [1.29, 1.82) is 0 Å². The van der Waals surface area contributed by atoms with Gasteiger partial charge in [0.1, 0.15) is 5.69 Å². The Labute approximate surface area is 206 Å². The van der Waals surface area contributed by atoms with Crippen LogP contribution in [-0.2, 0) is 4.79 Å². The topological polar surface area (TPSA) is 115 Å². The highest BCUT2D eigenvalue weighted by Gasteiger charge is 2.29. The van der Waals surface area contributed by atoms with E-state index in [1.807, 2.05) is 54.7 Å². The molecule has 3 aromatic heterocycles. The van der Waals surface area contributed by atoms with Gasteiger partial charge < -0.3 is 15.2 Å². The summed E-state index contributed by atoms with van der Waals surface area (Å²) in [6, 6.07) is 20.4. The van der Waals surface area contributed by atoms with Crippen molar-refractivity contribution in [2.75, 3.05) is 11.9 Å². The number of aromatic nitrogens is 4. The zero-order valence-electron chi connectivity index (χ0n) is 19.2. The lowest BCUT2D eigenvalue weighted by Crippen LogP contribution is -2.33. The smallest absolute Gasteiger partial charge is 0.259 e. The molecule has 36 heavy (non-hydrogen) atoms. The van der Waals surface area contributed by atoms with Crippen molar-refractivity contribution < 1.29 is 14.1 Å². The SMILES string of the molecule is O=C(CNC(=O)c1cc(C2CC2)nc2onc(-c3ccccc3)c12)Nc1ccc(-n2cccn2)cc1. The number of benzene rings is 2. The standard InChI is InChI=1S/C27H22N6O3/c34-23(30-19-9-11-20(12-10-19)33-14-4-13-29-33)16-28-26(35)21-15-22(17-7-8-17)31-27-24(21)25(32-36-27)18-5-2-1-3-6-18/h1-6,9-15,17H,7-8,16H2,(H,28,35)(H,30,34). The summed E-state index contributed by atoms with van der Waals surface area (Å²) in [6.45, 7) is -0.186. The molecule has 1 saturated carbocycles. The number of nitrogens with one attached hydrogen (secondary N) is 2. The Morgan fingerprint density at radius 1 is 1.03 bits per heavy atom. The average Bonchev–Trinajstić information content (AvgIpc) is 3.44. The van der Waals surface area contributed by atoms with Gasteiger partial charge in [-0.15, -0.1) is 0 Å². The first-order valence-electron chi connectivity index (χ1n) is 11.7. The van der Waals surface area contributed by atoms with E-state index >= 15 is 0 Å². The Kier molecular flexibility index (Phi) is 5.49.